The van der Waals surface area contributed by atoms with E-state index < -0.39 is 0 Å². The van der Waals surface area contributed by atoms with Crippen molar-refractivity contribution >= 4 is 29.1 Å². The SMILES string of the molecule is O=C(C1CCC1)N(Cc1ccco1)Cc1nccn1Cc1ccc(Cl)cc1Cl. The van der Waals surface area contributed by atoms with Crippen molar-refractivity contribution in [3.05, 3.63) is 76.2 Å². The molecule has 1 aromatic carbocycles. The van der Waals surface area contributed by atoms with Crippen LogP contribution in [0.4, 0.5) is 0 Å². The Balaban J connectivity index is 1.53. The lowest BCUT2D eigenvalue weighted by Gasteiger charge is -2.31. The molecule has 5 nitrogen and oxygen atoms in total. The molecule has 0 saturated heterocycles. The number of hydrogen-bond acceptors (Lipinski definition) is 3. The summed E-state index contributed by atoms with van der Waals surface area (Å²) in [5.41, 5.74) is 0.952. The zero-order valence-corrected chi connectivity index (χ0v) is 16.9. The van der Waals surface area contributed by atoms with E-state index in [1.165, 1.54) is 0 Å². The molecule has 7 heteroatoms. The van der Waals surface area contributed by atoms with E-state index in [9.17, 15) is 4.79 Å². The van der Waals surface area contributed by atoms with Crippen LogP contribution < -0.4 is 0 Å². The fraction of sp³-hybridized carbons (Fsp3) is 0.333. The number of carbonyl (C=O) groups excluding carboxylic acids is 1. The van der Waals surface area contributed by atoms with Crippen LogP contribution in [0.5, 0.6) is 0 Å². The first-order valence-electron chi connectivity index (χ1n) is 9.35. The molecule has 0 bridgehead atoms. The molecule has 1 amide bonds. The Kier molecular flexibility index (Phi) is 5.74. The third kappa shape index (κ3) is 4.26. The summed E-state index contributed by atoms with van der Waals surface area (Å²) >= 11 is 12.3. The monoisotopic (exact) mass is 417 g/mol. The molecular weight excluding hydrogens is 397 g/mol. The van der Waals surface area contributed by atoms with Crippen molar-refractivity contribution in [2.75, 3.05) is 0 Å². The minimum absolute atomic E-state index is 0.115. The largest absolute Gasteiger partial charge is 0.467 e. The van der Waals surface area contributed by atoms with Gasteiger partial charge in [0.05, 0.1) is 25.9 Å². The molecule has 0 N–H and O–H groups in total. The number of nitrogens with zero attached hydrogens (tertiary/aromatic N) is 3. The van der Waals surface area contributed by atoms with Gasteiger partial charge in [-0.3, -0.25) is 4.79 Å². The molecule has 0 radical (unpaired) electrons. The van der Waals surface area contributed by atoms with Crippen LogP contribution in [0.15, 0.2) is 53.4 Å². The van der Waals surface area contributed by atoms with Gasteiger partial charge in [-0.2, -0.15) is 0 Å². The lowest BCUT2D eigenvalue weighted by atomic mass is 9.84. The van der Waals surface area contributed by atoms with Crippen LogP contribution in [0, 0.1) is 5.92 Å². The second-order valence-electron chi connectivity index (χ2n) is 7.11. The minimum Gasteiger partial charge on any atom is -0.467 e. The predicted molar refractivity (Wildman–Crippen MR) is 108 cm³/mol. The van der Waals surface area contributed by atoms with E-state index in [4.69, 9.17) is 27.6 Å². The fourth-order valence-corrected chi connectivity index (χ4v) is 3.82. The molecule has 1 aliphatic rings. The highest BCUT2D eigenvalue weighted by Gasteiger charge is 2.30. The normalized spacial score (nSPS) is 14.1. The van der Waals surface area contributed by atoms with Gasteiger partial charge in [-0.1, -0.05) is 35.7 Å². The Morgan fingerprint density at radius 1 is 1.25 bits per heavy atom. The van der Waals surface area contributed by atoms with Crippen LogP contribution in [-0.4, -0.2) is 20.4 Å². The van der Waals surface area contributed by atoms with E-state index in [1.54, 1.807) is 18.5 Å². The van der Waals surface area contributed by atoms with Crippen LogP contribution in [0.3, 0.4) is 0 Å². The number of halogens is 2. The first kappa shape index (κ1) is 19.1. The van der Waals surface area contributed by atoms with Crippen LogP contribution in [-0.2, 0) is 24.4 Å². The quantitative estimate of drug-likeness (QED) is 0.533. The Bertz CT molecular complexity index is 948. The molecule has 0 unspecified atom stereocenters. The highest BCUT2D eigenvalue weighted by molar-refractivity contribution is 6.35. The zero-order chi connectivity index (χ0) is 19.5. The fourth-order valence-electron chi connectivity index (χ4n) is 3.36. The van der Waals surface area contributed by atoms with Gasteiger partial charge in [0.2, 0.25) is 5.91 Å². The lowest BCUT2D eigenvalue weighted by Crippen LogP contribution is -2.38. The molecular formula is C21H21Cl2N3O2. The highest BCUT2D eigenvalue weighted by atomic mass is 35.5. The van der Waals surface area contributed by atoms with Crippen molar-refractivity contribution in [1.82, 2.24) is 14.5 Å². The third-order valence-corrected chi connectivity index (χ3v) is 5.77. The van der Waals surface area contributed by atoms with Crippen LogP contribution in [0.1, 0.15) is 36.4 Å². The van der Waals surface area contributed by atoms with Crippen molar-refractivity contribution in [1.29, 1.82) is 0 Å². The van der Waals surface area contributed by atoms with E-state index in [1.807, 2.05) is 39.9 Å². The van der Waals surface area contributed by atoms with Gasteiger partial charge < -0.3 is 13.9 Å². The van der Waals surface area contributed by atoms with Gasteiger partial charge in [0.15, 0.2) is 0 Å². The molecule has 4 rings (SSSR count). The van der Waals surface area contributed by atoms with E-state index in [-0.39, 0.29) is 11.8 Å². The van der Waals surface area contributed by atoms with Crippen LogP contribution in [0.25, 0.3) is 0 Å². The summed E-state index contributed by atoms with van der Waals surface area (Å²) in [6.07, 6.45) is 8.32. The topological polar surface area (TPSA) is 51.3 Å². The van der Waals surface area contributed by atoms with Gasteiger partial charge in [0.25, 0.3) is 0 Å². The van der Waals surface area contributed by atoms with E-state index in [2.05, 4.69) is 4.98 Å². The number of hydrogen-bond donors (Lipinski definition) is 0. The summed E-state index contributed by atoms with van der Waals surface area (Å²) in [4.78, 5) is 19.3. The van der Waals surface area contributed by atoms with Crippen LogP contribution in [0.2, 0.25) is 10.0 Å². The maximum atomic E-state index is 13.0. The first-order valence-corrected chi connectivity index (χ1v) is 10.1. The van der Waals surface area contributed by atoms with Gasteiger partial charge in [0.1, 0.15) is 11.6 Å². The molecule has 146 valence electrons. The summed E-state index contributed by atoms with van der Waals surface area (Å²) < 4.78 is 7.48. The smallest absolute Gasteiger partial charge is 0.226 e. The Morgan fingerprint density at radius 3 is 2.79 bits per heavy atom. The second-order valence-corrected chi connectivity index (χ2v) is 7.95. The van der Waals surface area contributed by atoms with Gasteiger partial charge in [-0.05, 0) is 42.7 Å². The number of furan rings is 1. The standard InChI is InChI=1S/C21H21Cl2N3O2/c22-17-7-6-16(19(23)11-17)12-25-9-8-24-20(25)14-26(13-18-5-2-10-28-18)21(27)15-3-1-4-15/h2,5-11,15H,1,3-4,12-14H2. The van der Waals surface area contributed by atoms with Gasteiger partial charge in [-0.15, -0.1) is 0 Å². The Hall–Kier alpha value is -2.24. The number of benzene rings is 1. The maximum absolute atomic E-state index is 13.0. The molecule has 2 heterocycles. The molecule has 1 fully saturated rings. The molecule has 0 aliphatic heterocycles. The van der Waals surface area contributed by atoms with Crippen molar-refractivity contribution < 1.29 is 9.21 Å². The summed E-state index contributed by atoms with van der Waals surface area (Å²) in [5, 5.41) is 1.22. The van der Waals surface area contributed by atoms with E-state index in [0.717, 1.165) is 36.4 Å². The maximum Gasteiger partial charge on any atom is 0.226 e. The molecule has 3 aromatic rings. The van der Waals surface area contributed by atoms with Crippen molar-refractivity contribution in [2.24, 2.45) is 5.92 Å². The van der Waals surface area contributed by atoms with Crippen molar-refractivity contribution in [2.45, 2.75) is 38.9 Å². The second kappa shape index (κ2) is 8.41. The minimum atomic E-state index is 0.115. The van der Waals surface area contributed by atoms with Gasteiger partial charge >= 0.3 is 0 Å². The Morgan fingerprint density at radius 2 is 2.11 bits per heavy atom. The first-order chi connectivity index (χ1) is 13.6. The highest BCUT2D eigenvalue weighted by Crippen LogP contribution is 2.29. The Labute approximate surface area is 173 Å². The molecule has 1 aliphatic carbocycles. The molecule has 0 spiro atoms. The molecule has 28 heavy (non-hydrogen) atoms. The summed E-state index contributed by atoms with van der Waals surface area (Å²) in [5.74, 6) is 1.86. The lowest BCUT2D eigenvalue weighted by molar-refractivity contribution is -0.139. The summed E-state index contributed by atoms with van der Waals surface area (Å²) in [6, 6.07) is 9.20. The average Bonchev–Trinajstić information content (AvgIpc) is 3.27. The summed E-state index contributed by atoms with van der Waals surface area (Å²) in [7, 11) is 0. The number of imidazole rings is 1. The number of carbonyl (C=O) groups is 1. The average molecular weight is 418 g/mol. The third-order valence-electron chi connectivity index (χ3n) is 5.18. The van der Waals surface area contributed by atoms with Gasteiger partial charge in [0, 0.05) is 28.4 Å². The van der Waals surface area contributed by atoms with Crippen molar-refractivity contribution in [3.63, 3.8) is 0 Å². The molecule has 2 aromatic heterocycles. The van der Waals surface area contributed by atoms with Gasteiger partial charge in [-0.25, -0.2) is 4.98 Å². The number of rotatable bonds is 7. The van der Waals surface area contributed by atoms with Crippen molar-refractivity contribution in [3.8, 4) is 0 Å². The molecule has 0 atom stereocenters. The predicted octanol–water partition coefficient (Wildman–Crippen LogP) is 5.16. The van der Waals surface area contributed by atoms with E-state index >= 15 is 0 Å². The van der Waals surface area contributed by atoms with E-state index in [0.29, 0.717) is 29.7 Å². The van der Waals surface area contributed by atoms with Crippen LogP contribution >= 0.6 is 23.2 Å². The summed E-state index contributed by atoms with van der Waals surface area (Å²) in [6.45, 7) is 1.43. The number of aromatic nitrogens is 2. The zero-order valence-electron chi connectivity index (χ0n) is 15.4. The molecule has 1 saturated carbocycles. The number of amides is 1.